The molecule has 2 aromatic carbocycles. The number of rotatable bonds is 9. The van der Waals surface area contributed by atoms with Crippen molar-refractivity contribution in [2.24, 2.45) is 5.73 Å². The number of carboxylic acid groups (broad SMARTS) is 1. The van der Waals surface area contributed by atoms with E-state index in [1.807, 2.05) is 0 Å². The highest BCUT2D eigenvalue weighted by Crippen LogP contribution is 2.28. The minimum atomic E-state index is -1.60. The van der Waals surface area contributed by atoms with E-state index in [1.54, 1.807) is 0 Å². The predicted molar refractivity (Wildman–Crippen MR) is 124 cm³/mol. The molecule has 1 aromatic heterocycles. The number of anilines is 1. The summed E-state index contributed by atoms with van der Waals surface area (Å²) in [4.78, 5) is 38.2. The molecule has 1 saturated heterocycles. The van der Waals surface area contributed by atoms with Crippen molar-refractivity contribution in [1.29, 1.82) is 0 Å². The Balaban J connectivity index is 1.66. The molecule has 2 heterocycles. The number of carboxylic acids is 1. The normalized spacial score (nSPS) is 13.5. The van der Waals surface area contributed by atoms with E-state index in [1.165, 1.54) is 0 Å². The highest BCUT2D eigenvalue weighted by Gasteiger charge is 2.25. The van der Waals surface area contributed by atoms with Gasteiger partial charge in [-0.15, -0.1) is 0 Å². The molecule has 0 unspecified atom stereocenters. The topological polar surface area (TPSA) is 140 Å². The van der Waals surface area contributed by atoms with Crippen molar-refractivity contribution in [3.8, 4) is 11.4 Å². The second-order valence-electron chi connectivity index (χ2n) is 8.25. The zero-order chi connectivity index (χ0) is 26.7. The highest BCUT2D eigenvalue weighted by atomic mass is 19.1. The monoisotopic (exact) mass is 517 g/mol. The number of benzene rings is 2. The molecule has 0 spiro atoms. The number of primary amides is 1. The van der Waals surface area contributed by atoms with E-state index in [9.17, 15) is 32.7 Å². The van der Waals surface area contributed by atoms with E-state index in [0.717, 1.165) is 67.1 Å². The average molecular weight is 517 g/mol. The Kier molecular flexibility index (Phi) is 7.43. The van der Waals surface area contributed by atoms with Gasteiger partial charge in [0.15, 0.2) is 5.69 Å². The van der Waals surface area contributed by atoms with Gasteiger partial charge in [-0.05, 0) is 44.1 Å². The lowest BCUT2D eigenvalue weighted by Crippen LogP contribution is -2.25. The number of carbonyl (C=O) groups excluding carboxylic acids is 2. The van der Waals surface area contributed by atoms with Crippen LogP contribution in [0.15, 0.2) is 36.5 Å². The van der Waals surface area contributed by atoms with Crippen molar-refractivity contribution in [2.75, 3.05) is 31.6 Å². The number of hydrogen-bond donors (Lipinski definition) is 3. The van der Waals surface area contributed by atoms with Gasteiger partial charge in [-0.2, -0.15) is 5.10 Å². The van der Waals surface area contributed by atoms with Crippen LogP contribution in [0.25, 0.3) is 5.69 Å². The standard InChI is InChI=1S/C24H22F3N5O5/c25-14-4-3-5-15(26)20(14)23(34)29-17-12-32(30-21(17)24(35)36)18-11-19(13(22(28)33)10-16(18)27)37-9-8-31-6-1-2-7-31/h3-5,10-12H,1-2,6-9H2,(H2,28,33)(H,29,34)(H,35,36). The summed E-state index contributed by atoms with van der Waals surface area (Å²) in [5, 5.41) is 15.4. The van der Waals surface area contributed by atoms with E-state index < -0.39 is 52.2 Å². The minimum Gasteiger partial charge on any atom is -0.491 e. The number of ether oxygens (including phenoxy) is 1. The smallest absolute Gasteiger partial charge is 0.358 e. The maximum absolute atomic E-state index is 15.0. The summed E-state index contributed by atoms with van der Waals surface area (Å²) in [6, 6.07) is 4.74. The van der Waals surface area contributed by atoms with Crippen LogP contribution >= 0.6 is 0 Å². The molecular weight excluding hydrogens is 495 g/mol. The van der Waals surface area contributed by atoms with Crippen LogP contribution in [-0.2, 0) is 0 Å². The van der Waals surface area contributed by atoms with Crippen LogP contribution in [0, 0.1) is 17.5 Å². The molecule has 4 rings (SSSR count). The van der Waals surface area contributed by atoms with Gasteiger partial charge in [-0.3, -0.25) is 14.5 Å². The van der Waals surface area contributed by atoms with Crippen LogP contribution < -0.4 is 15.8 Å². The third-order valence-electron chi connectivity index (χ3n) is 5.78. The number of halogens is 3. The Bertz CT molecular complexity index is 1350. The number of nitrogens with two attached hydrogens (primary N) is 1. The van der Waals surface area contributed by atoms with Crippen molar-refractivity contribution in [1.82, 2.24) is 14.7 Å². The lowest BCUT2D eigenvalue weighted by Gasteiger charge is -2.17. The fourth-order valence-electron chi connectivity index (χ4n) is 3.97. The summed E-state index contributed by atoms with van der Waals surface area (Å²) < 4.78 is 49.4. The predicted octanol–water partition coefficient (Wildman–Crippen LogP) is 2.81. The Hall–Kier alpha value is -4.39. The number of aromatic carboxylic acids is 1. The number of nitrogens with zero attached hydrogens (tertiary/aromatic N) is 3. The molecule has 1 fully saturated rings. The van der Waals surface area contributed by atoms with Crippen LogP contribution in [0.5, 0.6) is 5.75 Å². The van der Waals surface area contributed by atoms with Crippen molar-refractivity contribution >= 4 is 23.5 Å². The number of carbonyl (C=O) groups is 3. The summed E-state index contributed by atoms with van der Waals surface area (Å²) in [5.74, 6) is -7.16. The molecule has 0 aliphatic carbocycles. The number of aromatic nitrogens is 2. The Morgan fingerprint density at radius 3 is 2.38 bits per heavy atom. The number of hydrogen-bond acceptors (Lipinski definition) is 6. The fourth-order valence-corrected chi connectivity index (χ4v) is 3.97. The van der Waals surface area contributed by atoms with Crippen LogP contribution in [0.4, 0.5) is 18.9 Å². The van der Waals surface area contributed by atoms with Crippen LogP contribution in [-0.4, -0.2) is 63.8 Å². The SMILES string of the molecule is NC(=O)c1cc(F)c(-n2cc(NC(=O)c3c(F)cccc3F)c(C(=O)O)n2)cc1OCCN1CCCC1. The third-order valence-corrected chi connectivity index (χ3v) is 5.78. The maximum atomic E-state index is 15.0. The number of likely N-dealkylation sites (tertiary alicyclic amines) is 1. The van der Waals surface area contributed by atoms with Crippen molar-refractivity contribution in [3.05, 3.63) is 70.8 Å². The largest absolute Gasteiger partial charge is 0.491 e. The average Bonchev–Trinajstić information content (AvgIpc) is 3.50. The Morgan fingerprint density at radius 1 is 1.08 bits per heavy atom. The zero-order valence-electron chi connectivity index (χ0n) is 19.3. The van der Waals surface area contributed by atoms with Crippen molar-refractivity contribution in [3.63, 3.8) is 0 Å². The first-order valence-electron chi connectivity index (χ1n) is 11.2. The van der Waals surface area contributed by atoms with E-state index in [4.69, 9.17) is 10.5 Å². The molecule has 4 N–H and O–H groups in total. The molecule has 10 nitrogen and oxygen atoms in total. The van der Waals surface area contributed by atoms with Crippen LogP contribution in [0.3, 0.4) is 0 Å². The van der Waals surface area contributed by atoms with Gasteiger partial charge in [0.05, 0.1) is 17.4 Å². The van der Waals surface area contributed by atoms with Gasteiger partial charge in [-0.25, -0.2) is 22.6 Å². The molecule has 194 valence electrons. The summed E-state index contributed by atoms with van der Waals surface area (Å²) in [6.45, 7) is 2.58. The molecule has 1 aliphatic rings. The molecule has 0 bridgehead atoms. The van der Waals surface area contributed by atoms with E-state index in [0.29, 0.717) is 6.54 Å². The van der Waals surface area contributed by atoms with Gasteiger partial charge in [0.2, 0.25) is 0 Å². The van der Waals surface area contributed by atoms with Crippen LogP contribution in [0.1, 0.15) is 44.0 Å². The first-order valence-corrected chi connectivity index (χ1v) is 11.2. The molecule has 0 saturated carbocycles. The van der Waals surface area contributed by atoms with Gasteiger partial charge in [0.1, 0.15) is 41.1 Å². The van der Waals surface area contributed by atoms with Gasteiger partial charge in [0, 0.05) is 12.6 Å². The number of nitrogens with one attached hydrogen (secondary N) is 1. The Labute approximate surface area is 208 Å². The fraction of sp³-hybridized carbons (Fsp3) is 0.250. The molecule has 1 aliphatic heterocycles. The van der Waals surface area contributed by atoms with Gasteiger partial charge >= 0.3 is 5.97 Å². The quantitative estimate of drug-likeness (QED) is 0.397. The summed E-state index contributed by atoms with van der Waals surface area (Å²) in [7, 11) is 0. The van der Waals surface area contributed by atoms with E-state index in [2.05, 4.69) is 15.3 Å². The second kappa shape index (κ2) is 10.7. The van der Waals surface area contributed by atoms with Crippen LogP contribution in [0.2, 0.25) is 0 Å². The third kappa shape index (κ3) is 5.56. The minimum absolute atomic E-state index is 0.0468. The molecule has 3 aromatic rings. The van der Waals surface area contributed by atoms with Crippen molar-refractivity contribution < 1.29 is 37.4 Å². The lowest BCUT2D eigenvalue weighted by atomic mass is 10.1. The second-order valence-corrected chi connectivity index (χ2v) is 8.25. The number of amides is 2. The van der Waals surface area contributed by atoms with Gasteiger partial charge in [0.25, 0.3) is 11.8 Å². The first-order chi connectivity index (χ1) is 17.7. The Morgan fingerprint density at radius 2 is 1.76 bits per heavy atom. The van der Waals surface area contributed by atoms with Crippen molar-refractivity contribution in [2.45, 2.75) is 12.8 Å². The molecule has 2 amide bonds. The maximum Gasteiger partial charge on any atom is 0.358 e. The van der Waals surface area contributed by atoms with Gasteiger partial charge < -0.3 is 20.9 Å². The lowest BCUT2D eigenvalue weighted by molar-refractivity contribution is 0.0690. The summed E-state index contributed by atoms with van der Waals surface area (Å²) in [5.41, 5.74) is 2.72. The molecule has 0 atom stereocenters. The first kappa shape index (κ1) is 25.7. The molecule has 13 heteroatoms. The molecular formula is C24H22F3N5O5. The highest BCUT2D eigenvalue weighted by molar-refractivity contribution is 6.07. The molecule has 0 radical (unpaired) electrons. The van der Waals surface area contributed by atoms with E-state index >= 15 is 0 Å². The summed E-state index contributed by atoms with van der Waals surface area (Å²) >= 11 is 0. The zero-order valence-corrected chi connectivity index (χ0v) is 19.3. The van der Waals surface area contributed by atoms with Gasteiger partial charge in [-0.1, -0.05) is 6.07 Å². The summed E-state index contributed by atoms with van der Waals surface area (Å²) in [6.07, 6.45) is 3.10. The molecule has 37 heavy (non-hydrogen) atoms. The van der Waals surface area contributed by atoms with E-state index in [-0.39, 0.29) is 23.6 Å².